The number of fused-ring (bicyclic) bond motifs is 2. The maximum atomic E-state index is 13.6. The van der Waals surface area contributed by atoms with Crippen LogP contribution in [0.25, 0.3) is 21.4 Å². The lowest BCUT2D eigenvalue weighted by Crippen LogP contribution is -2.29. The molecular weight excluding hydrogens is 512 g/mol. The lowest BCUT2D eigenvalue weighted by atomic mass is 10.2. The Morgan fingerprint density at radius 2 is 1.97 bits per heavy atom. The highest BCUT2D eigenvalue weighted by Gasteiger charge is 2.21. The molecule has 1 aromatic carbocycles. The van der Waals surface area contributed by atoms with E-state index in [1.165, 1.54) is 0 Å². The van der Waals surface area contributed by atoms with Gasteiger partial charge in [0.1, 0.15) is 22.0 Å². The van der Waals surface area contributed by atoms with Gasteiger partial charge in [0, 0.05) is 12.6 Å². The first-order valence-corrected chi connectivity index (χ1v) is 13.0. The van der Waals surface area contributed by atoms with E-state index in [-0.39, 0.29) is 11.6 Å². The van der Waals surface area contributed by atoms with Gasteiger partial charge in [-0.05, 0) is 66.0 Å². The molecule has 5 rings (SSSR count). The van der Waals surface area contributed by atoms with Gasteiger partial charge in [-0.3, -0.25) is 9.36 Å². The number of para-hydroxylation sites is 1. The minimum atomic E-state index is -0.296. The molecule has 0 aliphatic heterocycles. The molecule has 34 heavy (non-hydrogen) atoms. The standard InChI is InChI=1S/C25H25BrN6OS/c1-4-5-11-20-28-22(18-14-19(26)34-24(18)29-20)27-16(3)23-30-31-13-12-15(2)21(31)25(33)32(23)17-9-7-6-8-10-17/h6-10,12-14,16H,4-5,11H2,1-3H3,(H,27,28,29). The van der Waals surface area contributed by atoms with Gasteiger partial charge < -0.3 is 5.32 Å². The normalized spacial score (nSPS) is 12.5. The van der Waals surface area contributed by atoms with Crippen molar-refractivity contribution in [2.24, 2.45) is 0 Å². The van der Waals surface area contributed by atoms with Crippen LogP contribution < -0.4 is 10.9 Å². The van der Waals surface area contributed by atoms with Crippen LogP contribution in [0.15, 0.2) is 57.2 Å². The summed E-state index contributed by atoms with van der Waals surface area (Å²) < 4.78 is 4.37. The zero-order chi connectivity index (χ0) is 23.8. The van der Waals surface area contributed by atoms with Gasteiger partial charge in [0.15, 0.2) is 5.82 Å². The first-order chi connectivity index (χ1) is 16.5. The number of hydrogen-bond acceptors (Lipinski definition) is 6. The zero-order valence-corrected chi connectivity index (χ0v) is 21.7. The number of aromatic nitrogens is 5. The predicted octanol–water partition coefficient (Wildman–Crippen LogP) is 6.08. The number of aryl methyl sites for hydroxylation is 2. The Hall–Kier alpha value is -3.04. The Bertz CT molecular complexity index is 1540. The van der Waals surface area contributed by atoms with Crippen molar-refractivity contribution in [3.05, 3.63) is 80.0 Å². The number of anilines is 1. The van der Waals surface area contributed by atoms with Crippen molar-refractivity contribution in [3.8, 4) is 5.69 Å². The lowest BCUT2D eigenvalue weighted by Gasteiger charge is -2.20. The van der Waals surface area contributed by atoms with E-state index in [4.69, 9.17) is 15.1 Å². The van der Waals surface area contributed by atoms with Crippen LogP contribution in [-0.4, -0.2) is 24.1 Å². The third kappa shape index (κ3) is 4.14. The van der Waals surface area contributed by atoms with Crippen LogP contribution in [0.5, 0.6) is 0 Å². The maximum absolute atomic E-state index is 13.6. The summed E-state index contributed by atoms with van der Waals surface area (Å²) in [5.41, 5.74) is 2.16. The maximum Gasteiger partial charge on any atom is 0.282 e. The molecule has 0 radical (unpaired) electrons. The molecule has 1 N–H and O–H groups in total. The highest BCUT2D eigenvalue weighted by molar-refractivity contribution is 9.11. The van der Waals surface area contributed by atoms with E-state index >= 15 is 0 Å². The average Bonchev–Trinajstić information content (AvgIpc) is 3.40. The summed E-state index contributed by atoms with van der Waals surface area (Å²) in [6.07, 6.45) is 4.77. The number of thiophene rings is 1. The number of halogens is 1. The Balaban J connectivity index is 1.64. The fourth-order valence-electron chi connectivity index (χ4n) is 4.10. The highest BCUT2D eigenvalue weighted by Crippen LogP contribution is 2.34. The third-order valence-corrected chi connectivity index (χ3v) is 7.36. The monoisotopic (exact) mass is 536 g/mol. The Morgan fingerprint density at radius 1 is 1.18 bits per heavy atom. The minimum absolute atomic E-state index is 0.0953. The van der Waals surface area contributed by atoms with E-state index in [0.717, 1.165) is 56.2 Å². The average molecular weight is 537 g/mol. The Kier molecular flexibility index (Phi) is 6.22. The van der Waals surface area contributed by atoms with Gasteiger partial charge in [0.25, 0.3) is 5.56 Å². The largest absolute Gasteiger partial charge is 0.360 e. The van der Waals surface area contributed by atoms with Crippen LogP contribution in [0.4, 0.5) is 5.82 Å². The van der Waals surface area contributed by atoms with Gasteiger partial charge >= 0.3 is 0 Å². The number of nitrogens with one attached hydrogen (secondary N) is 1. The molecule has 4 aromatic heterocycles. The van der Waals surface area contributed by atoms with Crippen LogP contribution in [-0.2, 0) is 6.42 Å². The quantitative estimate of drug-likeness (QED) is 0.273. The van der Waals surface area contributed by atoms with Crippen LogP contribution in [0, 0.1) is 6.92 Å². The second kappa shape index (κ2) is 9.31. The van der Waals surface area contributed by atoms with Gasteiger partial charge in [-0.1, -0.05) is 31.5 Å². The van der Waals surface area contributed by atoms with Crippen molar-refractivity contribution in [2.45, 2.75) is 46.1 Å². The summed E-state index contributed by atoms with van der Waals surface area (Å²) in [7, 11) is 0. The molecule has 0 amide bonds. The number of rotatable bonds is 7. The summed E-state index contributed by atoms with van der Waals surface area (Å²) in [6, 6.07) is 13.3. The highest BCUT2D eigenvalue weighted by atomic mass is 79.9. The number of unbranched alkanes of at least 4 members (excludes halogenated alkanes) is 1. The van der Waals surface area contributed by atoms with Crippen LogP contribution in [0.3, 0.4) is 0 Å². The van der Waals surface area contributed by atoms with Crippen molar-refractivity contribution < 1.29 is 0 Å². The van der Waals surface area contributed by atoms with Crippen molar-refractivity contribution in [1.29, 1.82) is 0 Å². The molecule has 1 atom stereocenters. The fraction of sp³-hybridized carbons (Fsp3) is 0.280. The minimum Gasteiger partial charge on any atom is -0.360 e. The molecule has 0 saturated carbocycles. The predicted molar refractivity (Wildman–Crippen MR) is 141 cm³/mol. The first kappa shape index (κ1) is 22.7. The van der Waals surface area contributed by atoms with Crippen molar-refractivity contribution in [2.75, 3.05) is 5.32 Å². The molecule has 4 heterocycles. The summed E-state index contributed by atoms with van der Waals surface area (Å²) >= 11 is 5.18. The molecule has 0 aliphatic carbocycles. The second-order valence-corrected chi connectivity index (χ2v) is 10.8. The number of benzene rings is 1. The van der Waals surface area contributed by atoms with E-state index in [1.807, 2.05) is 62.5 Å². The molecule has 174 valence electrons. The summed E-state index contributed by atoms with van der Waals surface area (Å²) in [5, 5.41) is 9.35. The smallest absolute Gasteiger partial charge is 0.282 e. The van der Waals surface area contributed by atoms with Crippen LogP contribution in [0.2, 0.25) is 0 Å². The Labute approximate surface area is 209 Å². The lowest BCUT2D eigenvalue weighted by molar-refractivity contribution is 0.671. The summed E-state index contributed by atoms with van der Waals surface area (Å²) in [6.45, 7) is 6.10. The number of hydrogen-bond donors (Lipinski definition) is 1. The molecule has 0 fully saturated rings. The van der Waals surface area contributed by atoms with E-state index < -0.39 is 0 Å². The van der Waals surface area contributed by atoms with Crippen LogP contribution in [0.1, 0.15) is 49.9 Å². The van der Waals surface area contributed by atoms with E-state index in [0.29, 0.717) is 11.3 Å². The van der Waals surface area contributed by atoms with Gasteiger partial charge in [-0.15, -0.1) is 11.3 Å². The molecule has 5 aromatic rings. The molecule has 9 heteroatoms. The fourth-order valence-corrected chi connectivity index (χ4v) is 5.57. The molecule has 0 spiro atoms. The van der Waals surface area contributed by atoms with E-state index in [2.05, 4.69) is 28.2 Å². The molecule has 0 aliphatic rings. The molecule has 0 bridgehead atoms. The SMILES string of the molecule is CCCCc1nc(NC(C)c2nn3ccc(C)c3c(=O)n2-c2ccccc2)c2cc(Br)sc2n1. The summed E-state index contributed by atoms with van der Waals surface area (Å²) in [5.74, 6) is 2.18. The third-order valence-electron chi connectivity index (χ3n) is 5.83. The van der Waals surface area contributed by atoms with Gasteiger partial charge in [-0.25, -0.2) is 14.5 Å². The van der Waals surface area contributed by atoms with E-state index in [9.17, 15) is 4.79 Å². The molecular formula is C25H25BrN6OS. The van der Waals surface area contributed by atoms with E-state index in [1.54, 1.807) is 20.4 Å². The topological polar surface area (TPSA) is 77.1 Å². The zero-order valence-electron chi connectivity index (χ0n) is 19.2. The second-order valence-electron chi connectivity index (χ2n) is 8.35. The van der Waals surface area contributed by atoms with Crippen molar-refractivity contribution in [3.63, 3.8) is 0 Å². The van der Waals surface area contributed by atoms with Gasteiger partial charge in [0.2, 0.25) is 0 Å². The Morgan fingerprint density at radius 3 is 2.74 bits per heavy atom. The molecule has 1 unspecified atom stereocenters. The van der Waals surface area contributed by atoms with Crippen molar-refractivity contribution in [1.82, 2.24) is 24.1 Å². The van der Waals surface area contributed by atoms with Gasteiger partial charge in [0.05, 0.1) is 20.9 Å². The first-order valence-electron chi connectivity index (χ1n) is 11.3. The van der Waals surface area contributed by atoms with Crippen molar-refractivity contribution >= 4 is 48.8 Å². The number of nitrogens with zero attached hydrogens (tertiary/aromatic N) is 5. The van der Waals surface area contributed by atoms with Gasteiger partial charge in [-0.2, -0.15) is 5.10 Å². The molecule has 7 nitrogen and oxygen atoms in total. The molecule has 0 saturated heterocycles. The summed E-state index contributed by atoms with van der Waals surface area (Å²) in [4.78, 5) is 24.2. The van der Waals surface area contributed by atoms with Crippen LogP contribution >= 0.6 is 27.3 Å².